The predicted octanol–water partition coefficient (Wildman–Crippen LogP) is 2.14. The third-order valence-corrected chi connectivity index (χ3v) is 2.74. The van der Waals surface area contributed by atoms with Crippen LogP contribution < -0.4 is 0 Å². The first-order chi connectivity index (χ1) is 5.38. The zero-order chi connectivity index (χ0) is 7.68. The van der Waals surface area contributed by atoms with E-state index in [0.717, 1.165) is 13.0 Å². The van der Waals surface area contributed by atoms with Crippen molar-refractivity contribution < 1.29 is 0 Å². The molecular weight excluding hydrogens is 158 g/mol. The quantitative estimate of drug-likeness (QED) is 0.503. The molecule has 2 heterocycles. The standard InChI is InChI=1S/C9H12ClN/c10-8-4-3-7-11-6-2-1-5-9(8)11/h1-2,5,8H,3-4,6-7H2. The van der Waals surface area contributed by atoms with Crippen LogP contribution in [0.3, 0.4) is 0 Å². The van der Waals surface area contributed by atoms with Gasteiger partial charge in [-0.15, -0.1) is 11.6 Å². The summed E-state index contributed by atoms with van der Waals surface area (Å²) in [5.41, 5.74) is 1.32. The van der Waals surface area contributed by atoms with Crippen LogP contribution in [-0.2, 0) is 0 Å². The van der Waals surface area contributed by atoms with Crippen LogP contribution in [0.1, 0.15) is 12.8 Å². The van der Waals surface area contributed by atoms with Gasteiger partial charge in [0, 0.05) is 18.8 Å². The van der Waals surface area contributed by atoms with Gasteiger partial charge in [0.15, 0.2) is 0 Å². The lowest BCUT2D eigenvalue weighted by Crippen LogP contribution is -2.34. The van der Waals surface area contributed by atoms with Crippen molar-refractivity contribution in [2.24, 2.45) is 0 Å². The molecule has 60 valence electrons. The first kappa shape index (κ1) is 7.23. The van der Waals surface area contributed by atoms with E-state index in [0.29, 0.717) is 0 Å². The number of allylic oxidation sites excluding steroid dienone is 3. The molecule has 0 N–H and O–H groups in total. The van der Waals surface area contributed by atoms with Gasteiger partial charge in [0.1, 0.15) is 0 Å². The van der Waals surface area contributed by atoms with E-state index in [1.54, 1.807) is 0 Å². The van der Waals surface area contributed by atoms with Gasteiger partial charge in [-0.3, -0.25) is 0 Å². The summed E-state index contributed by atoms with van der Waals surface area (Å²) in [7, 11) is 0. The second-order valence-electron chi connectivity index (χ2n) is 3.08. The average molecular weight is 170 g/mol. The molecule has 1 unspecified atom stereocenters. The fourth-order valence-electron chi connectivity index (χ4n) is 1.70. The Morgan fingerprint density at radius 3 is 3.27 bits per heavy atom. The third kappa shape index (κ3) is 1.30. The molecule has 0 saturated carbocycles. The summed E-state index contributed by atoms with van der Waals surface area (Å²) in [6.07, 6.45) is 8.79. The van der Waals surface area contributed by atoms with Gasteiger partial charge in [0.25, 0.3) is 0 Å². The van der Waals surface area contributed by atoms with Gasteiger partial charge in [-0.1, -0.05) is 12.2 Å². The summed E-state index contributed by atoms with van der Waals surface area (Å²) in [5, 5.41) is 0.258. The van der Waals surface area contributed by atoms with Crippen LogP contribution >= 0.6 is 11.6 Å². The van der Waals surface area contributed by atoms with E-state index in [1.165, 1.54) is 18.7 Å². The lowest BCUT2D eigenvalue weighted by Gasteiger charge is -2.35. The Hall–Kier alpha value is -0.430. The number of piperidine rings is 1. The van der Waals surface area contributed by atoms with Crippen LogP contribution in [0.15, 0.2) is 23.9 Å². The van der Waals surface area contributed by atoms with E-state index in [-0.39, 0.29) is 5.38 Å². The van der Waals surface area contributed by atoms with E-state index >= 15 is 0 Å². The van der Waals surface area contributed by atoms with E-state index in [9.17, 15) is 0 Å². The lowest BCUT2D eigenvalue weighted by molar-refractivity contribution is 0.316. The van der Waals surface area contributed by atoms with Crippen molar-refractivity contribution in [3.05, 3.63) is 23.9 Å². The molecule has 1 saturated heterocycles. The Balaban J connectivity index is 2.20. The van der Waals surface area contributed by atoms with Crippen LogP contribution in [-0.4, -0.2) is 23.4 Å². The first-order valence-electron chi connectivity index (χ1n) is 4.13. The van der Waals surface area contributed by atoms with Crippen molar-refractivity contribution in [2.75, 3.05) is 13.1 Å². The Kier molecular flexibility index (Phi) is 1.91. The van der Waals surface area contributed by atoms with Crippen molar-refractivity contribution in [2.45, 2.75) is 18.2 Å². The summed E-state index contributed by atoms with van der Waals surface area (Å²) < 4.78 is 0. The number of hydrogen-bond donors (Lipinski definition) is 0. The predicted molar refractivity (Wildman–Crippen MR) is 47.7 cm³/mol. The largest absolute Gasteiger partial charge is 0.370 e. The smallest absolute Gasteiger partial charge is 0.0734 e. The molecule has 0 bridgehead atoms. The highest BCUT2D eigenvalue weighted by Gasteiger charge is 2.22. The summed E-state index contributed by atoms with van der Waals surface area (Å²) >= 11 is 6.15. The Bertz CT molecular complexity index is 208. The van der Waals surface area contributed by atoms with E-state index in [1.807, 2.05) is 0 Å². The highest BCUT2D eigenvalue weighted by atomic mass is 35.5. The highest BCUT2D eigenvalue weighted by molar-refractivity contribution is 6.22. The number of rotatable bonds is 0. The number of alkyl halides is 1. The fraction of sp³-hybridized carbons (Fsp3) is 0.556. The number of nitrogens with zero attached hydrogens (tertiary/aromatic N) is 1. The van der Waals surface area contributed by atoms with Gasteiger partial charge in [-0.25, -0.2) is 0 Å². The number of halogens is 1. The van der Waals surface area contributed by atoms with Gasteiger partial charge in [-0.2, -0.15) is 0 Å². The molecule has 2 rings (SSSR count). The van der Waals surface area contributed by atoms with Gasteiger partial charge >= 0.3 is 0 Å². The molecule has 1 atom stereocenters. The molecule has 11 heavy (non-hydrogen) atoms. The molecule has 0 amide bonds. The first-order valence-corrected chi connectivity index (χ1v) is 4.57. The SMILES string of the molecule is ClC1CCCN2CC=CC=C12. The molecule has 2 aliphatic heterocycles. The minimum absolute atomic E-state index is 0.258. The molecule has 2 heteroatoms. The number of hydrogen-bond acceptors (Lipinski definition) is 1. The zero-order valence-electron chi connectivity index (χ0n) is 6.46. The van der Waals surface area contributed by atoms with Crippen LogP contribution in [0.4, 0.5) is 0 Å². The summed E-state index contributed by atoms with van der Waals surface area (Å²) in [5.74, 6) is 0. The van der Waals surface area contributed by atoms with Crippen molar-refractivity contribution in [1.29, 1.82) is 0 Å². The van der Waals surface area contributed by atoms with Crippen LogP contribution in [0.5, 0.6) is 0 Å². The van der Waals surface area contributed by atoms with Crippen molar-refractivity contribution in [1.82, 2.24) is 4.90 Å². The molecule has 0 radical (unpaired) electrons. The summed E-state index contributed by atoms with van der Waals surface area (Å²) in [6.45, 7) is 2.23. The van der Waals surface area contributed by atoms with E-state index in [4.69, 9.17) is 11.6 Å². The molecule has 0 aromatic rings. The van der Waals surface area contributed by atoms with Gasteiger partial charge in [0.05, 0.1) is 5.38 Å². The maximum atomic E-state index is 6.15. The van der Waals surface area contributed by atoms with Crippen LogP contribution in [0, 0.1) is 0 Å². The normalized spacial score (nSPS) is 29.7. The third-order valence-electron chi connectivity index (χ3n) is 2.30. The molecule has 0 aromatic carbocycles. The molecule has 1 nitrogen and oxygen atoms in total. The molecule has 1 fully saturated rings. The molecule has 0 aromatic heterocycles. The van der Waals surface area contributed by atoms with Crippen LogP contribution in [0.25, 0.3) is 0 Å². The topological polar surface area (TPSA) is 3.24 Å². The van der Waals surface area contributed by atoms with Crippen LogP contribution in [0.2, 0.25) is 0 Å². The Morgan fingerprint density at radius 1 is 1.55 bits per heavy atom. The van der Waals surface area contributed by atoms with E-state index < -0.39 is 0 Å². The van der Waals surface area contributed by atoms with Crippen molar-refractivity contribution >= 4 is 11.6 Å². The summed E-state index contributed by atoms with van der Waals surface area (Å²) in [4.78, 5) is 2.36. The lowest BCUT2D eigenvalue weighted by atomic mass is 10.0. The van der Waals surface area contributed by atoms with Gasteiger partial charge in [-0.05, 0) is 18.9 Å². The molecule has 0 aliphatic carbocycles. The maximum Gasteiger partial charge on any atom is 0.0734 e. The fourth-order valence-corrected chi connectivity index (χ4v) is 2.06. The van der Waals surface area contributed by atoms with Crippen molar-refractivity contribution in [3.8, 4) is 0 Å². The monoisotopic (exact) mass is 169 g/mol. The molecule has 2 aliphatic rings. The zero-order valence-corrected chi connectivity index (χ0v) is 7.22. The Morgan fingerprint density at radius 2 is 2.45 bits per heavy atom. The number of fused-ring (bicyclic) bond motifs is 1. The molecule has 0 spiro atoms. The van der Waals surface area contributed by atoms with E-state index in [2.05, 4.69) is 23.1 Å². The minimum atomic E-state index is 0.258. The van der Waals surface area contributed by atoms with Gasteiger partial charge in [0.2, 0.25) is 0 Å². The van der Waals surface area contributed by atoms with Gasteiger partial charge < -0.3 is 4.90 Å². The molecular formula is C9H12ClN. The van der Waals surface area contributed by atoms with Crippen molar-refractivity contribution in [3.63, 3.8) is 0 Å². The average Bonchev–Trinajstić information content (AvgIpc) is 2.06. The maximum absolute atomic E-state index is 6.15. The minimum Gasteiger partial charge on any atom is -0.370 e. The highest BCUT2D eigenvalue weighted by Crippen LogP contribution is 2.26. The summed E-state index contributed by atoms with van der Waals surface area (Å²) in [6, 6.07) is 0. The second kappa shape index (κ2) is 2.90. The Labute approximate surface area is 72.3 Å². The second-order valence-corrected chi connectivity index (χ2v) is 3.60.